The molecule has 2 aromatic carbocycles. The third-order valence-corrected chi connectivity index (χ3v) is 3.80. The standard InChI is InChI=1S/C15H14BrFN2O2/c1-9-5-11(6-10(2)15(9)17)8-18-14-4-3-12(19(20)21)7-13(14)16/h3-7,18H,8H2,1-2H3. The smallest absolute Gasteiger partial charge is 0.270 e. The summed E-state index contributed by atoms with van der Waals surface area (Å²) in [4.78, 5) is 10.2. The Balaban J connectivity index is 2.15. The zero-order valence-corrected chi connectivity index (χ0v) is 13.2. The van der Waals surface area contributed by atoms with E-state index in [1.54, 1.807) is 32.0 Å². The van der Waals surface area contributed by atoms with Crippen molar-refractivity contribution in [3.63, 3.8) is 0 Å². The first-order valence-corrected chi connectivity index (χ1v) is 7.11. The lowest BCUT2D eigenvalue weighted by molar-refractivity contribution is -0.384. The van der Waals surface area contributed by atoms with Crippen molar-refractivity contribution < 1.29 is 9.31 Å². The molecule has 0 heterocycles. The zero-order valence-electron chi connectivity index (χ0n) is 11.6. The van der Waals surface area contributed by atoms with Crippen molar-refractivity contribution in [1.29, 1.82) is 0 Å². The number of nitrogens with zero attached hydrogens (tertiary/aromatic N) is 1. The van der Waals surface area contributed by atoms with Gasteiger partial charge in [0.2, 0.25) is 0 Å². The molecule has 110 valence electrons. The van der Waals surface area contributed by atoms with Crippen molar-refractivity contribution in [3.8, 4) is 0 Å². The summed E-state index contributed by atoms with van der Waals surface area (Å²) in [7, 11) is 0. The quantitative estimate of drug-likeness (QED) is 0.639. The second kappa shape index (κ2) is 6.22. The summed E-state index contributed by atoms with van der Waals surface area (Å²) < 4.78 is 14.2. The summed E-state index contributed by atoms with van der Waals surface area (Å²) in [5.74, 6) is -0.185. The monoisotopic (exact) mass is 352 g/mol. The van der Waals surface area contributed by atoms with Gasteiger partial charge in [0.1, 0.15) is 5.82 Å². The first-order valence-electron chi connectivity index (χ1n) is 6.32. The Morgan fingerprint density at radius 3 is 2.38 bits per heavy atom. The molecule has 0 aliphatic rings. The Kier molecular flexibility index (Phi) is 4.57. The summed E-state index contributed by atoms with van der Waals surface area (Å²) in [5, 5.41) is 13.9. The van der Waals surface area contributed by atoms with E-state index < -0.39 is 4.92 Å². The summed E-state index contributed by atoms with van der Waals surface area (Å²) in [5.41, 5.74) is 2.95. The van der Waals surface area contributed by atoms with Gasteiger partial charge in [-0.15, -0.1) is 0 Å². The van der Waals surface area contributed by atoms with Crippen molar-refractivity contribution in [2.45, 2.75) is 20.4 Å². The highest BCUT2D eigenvalue weighted by atomic mass is 79.9. The number of hydrogen-bond donors (Lipinski definition) is 1. The molecule has 0 spiro atoms. The first-order chi connectivity index (χ1) is 9.88. The normalized spacial score (nSPS) is 10.5. The molecule has 1 N–H and O–H groups in total. The van der Waals surface area contributed by atoms with Crippen molar-refractivity contribution in [2.24, 2.45) is 0 Å². The van der Waals surface area contributed by atoms with Crippen LogP contribution in [-0.2, 0) is 6.54 Å². The van der Waals surface area contributed by atoms with E-state index in [0.29, 0.717) is 22.1 Å². The third-order valence-electron chi connectivity index (χ3n) is 3.14. The fraction of sp³-hybridized carbons (Fsp3) is 0.200. The van der Waals surface area contributed by atoms with E-state index in [9.17, 15) is 14.5 Å². The molecule has 0 aliphatic heterocycles. The Labute approximate surface area is 130 Å². The van der Waals surface area contributed by atoms with Crippen LogP contribution in [0.2, 0.25) is 0 Å². The Bertz CT molecular complexity index is 681. The van der Waals surface area contributed by atoms with Crippen LogP contribution in [-0.4, -0.2) is 4.92 Å². The van der Waals surface area contributed by atoms with Crippen molar-refractivity contribution in [2.75, 3.05) is 5.32 Å². The molecule has 0 aliphatic carbocycles. The molecule has 0 radical (unpaired) electrons. The Hall–Kier alpha value is -1.95. The maximum absolute atomic E-state index is 13.6. The van der Waals surface area contributed by atoms with Gasteiger partial charge in [0, 0.05) is 28.8 Å². The van der Waals surface area contributed by atoms with E-state index in [-0.39, 0.29) is 11.5 Å². The molecule has 4 nitrogen and oxygen atoms in total. The second-order valence-electron chi connectivity index (χ2n) is 4.82. The second-order valence-corrected chi connectivity index (χ2v) is 5.67. The van der Waals surface area contributed by atoms with Crippen LogP contribution in [0, 0.1) is 29.8 Å². The van der Waals surface area contributed by atoms with Crippen LogP contribution >= 0.6 is 15.9 Å². The summed E-state index contributed by atoms with van der Waals surface area (Å²) in [6.45, 7) is 3.97. The number of non-ortho nitro benzene ring substituents is 1. The van der Waals surface area contributed by atoms with Crippen molar-refractivity contribution >= 4 is 27.3 Å². The van der Waals surface area contributed by atoms with E-state index in [1.807, 2.05) is 0 Å². The molecule has 0 saturated heterocycles. The van der Waals surface area contributed by atoms with Crippen LogP contribution < -0.4 is 5.32 Å². The largest absolute Gasteiger partial charge is 0.380 e. The van der Waals surface area contributed by atoms with Gasteiger partial charge in [-0.25, -0.2) is 4.39 Å². The van der Waals surface area contributed by atoms with Gasteiger partial charge in [0.15, 0.2) is 0 Å². The lowest BCUT2D eigenvalue weighted by atomic mass is 10.1. The Morgan fingerprint density at radius 2 is 1.86 bits per heavy atom. The van der Waals surface area contributed by atoms with Crippen LogP contribution in [0.25, 0.3) is 0 Å². The van der Waals surface area contributed by atoms with E-state index >= 15 is 0 Å². The number of hydrogen-bond acceptors (Lipinski definition) is 3. The molecule has 2 rings (SSSR count). The molecule has 0 amide bonds. The number of nitrogens with one attached hydrogen (secondary N) is 1. The molecule has 0 aromatic heterocycles. The summed E-state index contributed by atoms with van der Waals surface area (Å²) in [6, 6.07) is 8.10. The maximum Gasteiger partial charge on any atom is 0.270 e. The zero-order chi connectivity index (χ0) is 15.6. The molecule has 0 fully saturated rings. The molecule has 6 heteroatoms. The fourth-order valence-electron chi connectivity index (χ4n) is 2.10. The average molecular weight is 353 g/mol. The highest BCUT2D eigenvalue weighted by Crippen LogP contribution is 2.27. The SMILES string of the molecule is Cc1cc(CNc2ccc([N+](=O)[O-])cc2Br)cc(C)c1F. The minimum Gasteiger partial charge on any atom is -0.380 e. The van der Waals surface area contributed by atoms with Crippen molar-refractivity contribution in [3.05, 3.63) is 67.4 Å². The first kappa shape index (κ1) is 15.4. The van der Waals surface area contributed by atoms with Gasteiger partial charge in [-0.2, -0.15) is 0 Å². The predicted octanol–water partition coefficient (Wildman–Crippen LogP) is 4.73. The molecule has 0 bridgehead atoms. The number of benzene rings is 2. The van der Waals surface area contributed by atoms with Crippen LogP contribution in [0.15, 0.2) is 34.8 Å². The summed E-state index contributed by atoms with van der Waals surface area (Å²) in [6.07, 6.45) is 0. The highest BCUT2D eigenvalue weighted by molar-refractivity contribution is 9.10. The molecule has 0 atom stereocenters. The van der Waals surface area contributed by atoms with E-state index in [0.717, 1.165) is 11.3 Å². The van der Waals surface area contributed by atoms with Gasteiger partial charge in [-0.05, 0) is 52.5 Å². The number of nitro groups is 1. The van der Waals surface area contributed by atoms with Gasteiger partial charge in [-0.1, -0.05) is 12.1 Å². The molecule has 0 unspecified atom stereocenters. The van der Waals surface area contributed by atoms with Gasteiger partial charge >= 0.3 is 0 Å². The number of nitro benzene ring substituents is 1. The van der Waals surface area contributed by atoms with E-state index in [1.165, 1.54) is 12.1 Å². The van der Waals surface area contributed by atoms with Crippen LogP contribution in [0.3, 0.4) is 0 Å². The van der Waals surface area contributed by atoms with Gasteiger partial charge < -0.3 is 5.32 Å². The number of aryl methyl sites for hydroxylation is 2. The Morgan fingerprint density at radius 1 is 1.24 bits per heavy atom. The summed E-state index contributed by atoms with van der Waals surface area (Å²) >= 11 is 3.30. The van der Waals surface area contributed by atoms with Crippen LogP contribution in [0.1, 0.15) is 16.7 Å². The lowest BCUT2D eigenvalue weighted by Gasteiger charge is -2.10. The number of anilines is 1. The van der Waals surface area contributed by atoms with Crippen LogP contribution in [0.5, 0.6) is 0 Å². The minimum absolute atomic E-state index is 0.0286. The highest BCUT2D eigenvalue weighted by Gasteiger charge is 2.09. The molecular weight excluding hydrogens is 339 g/mol. The predicted molar refractivity (Wildman–Crippen MR) is 84.0 cm³/mol. The molecular formula is C15H14BrFN2O2. The van der Waals surface area contributed by atoms with Crippen molar-refractivity contribution in [1.82, 2.24) is 0 Å². The molecule has 2 aromatic rings. The topological polar surface area (TPSA) is 55.2 Å². The van der Waals surface area contributed by atoms with E-state index in [4.69, 9.17) is 0 Å². The van der Waals surface area contributed by atoms with E-state index in [2.05, 4.69) is 21.2 Å². The van der Waals surface area contributed by atoms with Gasteiger partial charge in [0.05, 0.1) is 4.92 Å². The molecule has 21 heavy (non-hydrogen) atoms. The van der Waals surface area contributed by atoms with Crippen LogP contribution in [0.4, 0.5) is 15.8 Å². The molecule has 0 saturated carbocycles. The maximum atomic E-state index is 13.6. The minimum atomic E-state index is -0.443. The van der Waals surface area contributed by atoms with Gasteiger partial charge in [-0.3, -0.25) is 10.1 Å². The fourth-order valence-corrected chi connectivity index (χ4v) is 2.60. The number of halogens is 2. The lowest BCUT2D eigenvalue weighted by Crippen LogP contribution is -2.02. The van der Waals surface area contributed by atoms with Gasteiger partial charge in [0.25, 0.3) is 5.69 Å². The number of rotatable bonds is 4. The third kappa shape index (κ3) is 3.58. The average Bonchev–Trinajstić information content (AvgIpc) is 2.43.